The zero-order valence-corrected chi connectivity index (χ0v) is 11.1. The number of rotatable bonds is 4. The molecule has 0 saturated heterocycles. The van der Waals surface area contributed by atoms with Crippen LogP contribution in [0.15, 0.2) is 30.6 Å². The maximum atomic E-state index is 5.55. The van der Waals surface area contributed by atoms with Gasteiger partial charge in [0, 0.05) is 18.3 Å². The van der Waals surface area contributed by atoms with E-state index in [0.717, 1.165) is 17.1 Å². The quantitative estimate of drug-likeness (QED) is 0.819. The molecule has 0 fully saturated rings. The van der Waals surface area contributed by atoms with Gasteiger partial charge in [0.2, 0.25) is 0 Å². The Morgan fingerprint density at radius 1 is 1.39 bits per heavy atom. The van der Waals surface area contributed by atoms with E-state index in [0.29, 0.717) is 4.99 Å². The van der Waals surface area contributed by atoms with Gasteiger partial charge in [0.15, 0.2) is 5.82 Å². The number of benzene rings is 1. The summed E-state index contributed by atoms with van der Waals surface area (Å²) in [6, 6.07) is 7.76. The van der Waals surface area contributed by atoms with E-state index in [4.69, 9.17) is 18.0 Å². The molecule has 5 nitrogen and oxygen atoms in total. The maximum Gasteiger partial charge on any atom is 0.154 e. The molecule has 0 aliphatic carbocycles. The van der Waals surface area contributed by atoms with Crippen molar-refractivity contribution in [1.82, 2.24) is 14.8 Å². The second-order valence-electron chi connectivity index (χ2n) is 4.11. The zero-order valence-electron chi connectivity index (χ0n) is 10.3. The molecule has 0 radical (unpaired) electrons. The molecule has 1 unspecified atom stereocenters. The van der Waals surface area contributed by atoms with E-state index in [9.17, 15) is 0 Å². The second kappa shape index (κ2) is 5.14. The molecule has 1 aromatic carbocycles. The lowest BCUT2D eigenvalue weighted by molar-refractivity contribution is 0.719. The van der Waals surface area contributed by atoms with Crippen LogP contribution >= 0.6 is 12.2 Å². The third-order valence-corrected chi connectivity index (χ3v) is 2.92. The smallest absolute Gasteiger partial charge is 0.154 e. The molecule has 18 heavy (non-hydrogen) atoms. The Balaban J connectivity index is 2.10. The van der Waals surface area contributed by atoms with Crippen LogP contribution in [0.5, 0.6) is 0 Å². The van der Waals surface area contributed by atoms with E-state index in [1.165, 1.54) is 0 Å². The summed E-state index contributed by atoms with van der Waals surface area (Å²) >= 11 is 4.91. The molecule has 1 atom stereocenters. The van der Waals surface area contributed by atoms with Crippen molar-refractivity contribution in [2.24, 2.45) is 12.8 Å². The van der Waals surface area contributed by atoms with Crippen molar-refractivity contribution in [3.63, 3.8) is 0 Å². The first kappa shape index (κ1) is 12.5. The van der Waals surface area contributed by atoms with Crippen molar-refractivity contribution in [3.8, 4) is 0 Å². The van der Waals surface area contributed by atoms with Crippen molar-refractivity contribution in [1.29, 1.82) is 0 Å². The first-order valence-corrected chi connectivity index (χ1v) is 5.99. The summed E-state index contributed by atoms with van der Waals surface area (Å²) < 4.78 is 1.89. The van der Waals surface area contributed by atoms with Gasteiger partial charge in [-0.05, 0) is 31.2 Å². The molecular formula is C12H15N5S. The molecule has 0 bridgehead atoms. The van der Waals surface area contributed by atoms with Gasteiger partial charge in [-0.1, -0.05) is 12.2 Å². The minimum Gasteiger partial charge on any atom is -0.389 e. The molecule has 0 saturated carbocycles. The van der Waals surface area contributed by atoms with Crippen LogP contribution in [0.25, 0.3) is 0 Å². The molecule has 1 heterocycles. The van der Waals surface area contributed by atoms with E-state index >= 15 is 0 Å². The number of nitrogens with two attached hydrogens (primary N) is 1. The average Bonchev–Trinajstić information content (AvgIpc) is 2.76. The highest BCUT2D eigenvalue weighted by atomic mass is 32.1. The third-order valence-electron chi connectivity index (χ3n) is 2.69. The molecule has 3 N–H and O–H groups in total. The third kappa shape index (κ3) is 2.65. The SMILES string of the molecule is CC(Nc1ccc(C(N)=S)cc1)c1nncn1C. The summed E-state index contributed by atoms with van der Waals surface area (Å²) in [5, 5.41) is 11.3. The monoisotopic (exact) mass is 261 g/mol. The molecule has 1 aromatic heterocycles. The van der Waals surface area contributed by atoms with Gasteiger partial charge < -0.3 is 15.6 Å². The summed E-state index contributed by atoms with van der Waals surface area (Å²) in [5.74, 6) is 0.883. The highest BCUT2D eigenvalue weighted by molar-refractivity contribution is 7.80. The Morgan fingerprint density at radius 2 is 2.06 bits per heavy atom. The van der Waals surface area contributed by atoms with Crippen LogP contribution < -0.4 is 11.1 Å². The van der Waals surface area contributed by atoms with Gasteiger partial charge in [0.1, 0.15) is 11.3 Å². The van der Waals surface area contributed by atoms with Crippen molar-refractivity contribution in [2.75, 3.05) is 5.32 Å². The van der Waals surface area contributed by atoms with E-state index in [1.807, 2.05) is 42.8 Å². The first-order valence-electron chi connectivity index (χ1n) is 5.58. The Labute approximate surface area is 111 Å². The Hall–Kier alpha value is -1.95. The molecule has 6 heteroatoms. The molecule has 0 aliphatic rings. The summed E-state index contributed by atoms with van der Waals surface area (Å²) in [6.45, 7) is 2.03. The molecule has 2 aromatic rings. The van der Waals surface area contributed by atoms with Crippen molar-refractivity contribution < 1.29 is 0 Å². The number of aryl methyl sites for hydroxylation is 1. The average molecular weight is 261 g/mol. The molecular weight excluding hydrogens is 246 g/mol. The van der Waals surface area contributed by atoms with Crippen LogP contribution in [0, 0.1) is 0 Å². The number of nitrogens with zero attached hydrogens (tertiary/aromatic N) is 3. The minimum absolute atomic E-state index is 0.0770. The van der Waals surface area contributed by atoms with Gasteiger partial charge in [0.25, 0.3) is 0 Å². The molecule has 0 spiro atoms. The number of aromatic nitrogens is 3. The lowest BCUT2D eigenvalue weighted by atomic mass is 10.2. The highest BCUT2D eigenvalue weighted by Gasteiger charge is 2.10. The largest absolute Gasteiger partial charge is 0.389 e. The number of hydrogen-bond acceptors (Lipinski definition) is 4. The lowest BCUT2D eigenvalue weighted by Crippen LogP contribution is -2.12. The molecule has 2 rings (SSSR count). The molecule has 0 aliphatic heterocycles. The van der Waals surface area contributed by atoms with Gasteiger partial charge in [-0.2, -0.15) is 0 Å². The second-order valence-corrected chi connectivity index (χ2v) is 4.55. The van der Waals surface area contributed by atoms with E-state index in [1.54, 1.807) is 6.33 Å². The summed E-state index contributed by atoms with van der Waals surface area (Å²) in [7, 11) is 1.92. The fraction of sp³-hybridized carbons (Fsp3) is 0.250. The molecule has 94 valence electrons. The van der Waals surface area contributed by atoms with E-state index in [2.05, 4.69) is 15.5 Å². The predicted octanol–water partition coefficient (Wildman–Crippen LogP) is 1.62. The number of thiocarbonyl (C=S) groups is 1. The van der Waals surface area contributed by atoms with Gasteiger partial charge in [-0.3, -0.25) is 0 Å². The summed E-state index contributed by atoms with van der Waals surface area (Å²) in [5.41, 5.74) is 7.41. The van der Waals surface area contributed by atoms with Crippen LogP contribution in [0.2, 0.25) is 0 Å². The first-order chi connectivity index (χ1) is 8.58. The van der Waals surface area contributed by atoms with Crippen LogP contribution in [-0.4, -0.2) is 19.8 Å². The van der Waals surface area contributed by atoms with Crippen LogP contribution in [-0.2, 0) is 7.05 Å². The summed E-state index contributed by atoms with van der Waals surface area (Å²) in [6.07, 6.45) is 1.68. The van der Waals surface area contributed by atoms with Gasteiger partial charge >= 0.3 is 0 Å². The van der Waals surface area contributed by atoms with Crippen molar-refractivity contribution in [2.45, 2.75) is 13.0 Å². The standard InChI is InChI=1S/C12H15N5S/c1-8(12-16-14-7-17(12)2)15-10-5-3-9(4-6-10)11(13)18/h3-8,15H,1-2H3,(H2,13,18). The van der Waals surface area contributed by atoms with Gasteiger partial charge in [0.05, 0.1) is 6.04 Å². The normalized spacial score (nSPS) is 12.1. The maximum absolute atomic E-state index is 5.55. The topological polar surface area (TPSA) is 68.8 Å². The van der Waals surface area contributed by atoms with Crippen molar-refractivity contribution in [3.05, 3.63) is 42.0 Å². The zero-order chi connectivity index (χ0) is 13.1. The minimum atomic E-state index is 0.0770. The Bertz CT molecular complexity index is 546. The Morgan fingerprint density at radius 3 is 2.56 bits per heavy atom. The fourth-order valence-electron chi connectivity index (χ4n) is 1.73. The van der Waals surface area contributed by atoms with Crippen LogP contribution in [0.1, 0.15) is 24.4 Å². The van der Waals surface area contributed by atoms with E-state index in [-0.39, 0.29) is 6.04 Å². The summed E-state index contributed by atoms with van der Waals surface area (Å²) in [4.78, 5) is 0.405. The van der Waals surface area contributed by atoms with Crippen molar-refractivity contribution >= 4 is 22.9 Å². The highest BCUT2D eigenvalue weighted by Crippen LogP contribution is 2.17. The predicted molar refractivity (Wildman–Crippen MR) is 75.4 cm³/mol. The van der Waals surface area contributed by atoms with Crippen LogP contribution in [0.4, 0.5) is 5.69 Å². The fourth-order valence-corrected chi connectivity index (χ4v) is 1.87. The number of nitrogens with one attached hydrogen (secondary N) is 1. The molecule has 0 amide bonds. The van der Waals surface area contributed by atoms with Crippen LogP contribution in [0.3, 0.4) is 0 Å². The number of anilines is 1. The number of hydrogen-bond donors (Lipinski definition) is 2. The Kier molecular flexibility index (Phi) is 3.57. The van der Waals surface area contributed by atoms with Gasteiger partial charge in [-0.25, -0.2) is 0 Å². The van der Waals surface area contributed by atoms with E-state index < -0.39 is 0 Å². The lowest BCUT2D eigenvalue weighted by Gasteiger charge is -2.14. The van der Waals surface area contributed by atoms with Gasteiger partial charge in [-0.15, -0.1) is 10.2 Å².